The van der Waals surface area contributed by atoms with Gasteiger partial charge in [0.25, 0.3) is 0 Å². The fourth-order valence-corrected chi connectivity index (χ4v) is 5.41. The Kier molecular flexibility index (Phi) is 3.81. The van der Waals surface area contributed by atoms with E-state index in [1.807, 2.05) is 0 Å². The molecule has 0 aromatic heterocycles. The Morgan fingerprint density at radius 1 is 1.17 bits per heavy atom. The molecule has 2 heterocycles. The second-order valence-electron chi connectivity index (χ2n) is 8.59. The molecule has 3 aliphatic rings. The van der Waals surface area contributed by atoms with E-state index in [-0.39, 0.29) is 11.8 Å². The molecule has 2 heteroatoms. The van der Waals surface area contributed by atoms with Crippen LogP contribution in [0.1, 0.15) is 76.7 Å². The van der Waals surface area contributed by atoms with Crippen molar-refractivity contribution in [3.05, 3.63) is 35.4 Å². The van der Waals surface area contributed by atoms with Crippen LogP contribution in [0.3, 0.4) is 0 Å². The quantitative estimate of drug-likeness (QED) is 0.714. The van der Waals surface area contributed by atoms with Gasteiger partial charge in [-0.3, -0.25) is 4.90 Å². The minimum absolute atomic E-state index is 0.163. The van der Waals surface area contributed by atoms with Crippen molar-refractivity contribution in [2.45, 2.75) is 77.2 Å². The lowest BCUT2D eigenvalue weighted by Gasteiger charge is -2.59. The van der Waals surface area contributed by atoms with Gasteiger partial charge in [0, 0.05) is 18.0 Å². The summed E-state index contributed by atoms with van der Waals surface area (Å²) in [5.41, 5.74) is 3.18. The Morgan fingerprint density at radius 3 is 2.65 bits per heavy atom. The van der Waals surface area contributed by atoms with E-state index < -0.39 is 0 Å². The van der Waals surface area contributed by atoms with Crippen LogP contribution in [0.4, 0.5) is 0 Å². The molecular formula is C21H31NO. The van der Waals surface area contributed by atoms with Crippen LogP contribution < -0.4 is 0 Å². The highest BCUT2D eigenvalue weighted by atomic mass is 16.5. The van der Waals surface area contributed by atoms with E-state index in [9.17, 15) is 0 Å². The molecule has 5 atom stereocenters. The highest BCUT2D eigenvalue weighted by molar-refractivity contribution is 5.35. The predicted molar refractivity (Wildman–Crippen MR) is 94.4 cm³/mol. The van der Waals surface area contributed by atoms with Crippen LogP contribution in [-0.2, 0) is 4.74 Å². The molecule has 0 amide bonds. The van der Waals surface area contributed by atoms with Gasteiger partial charge in [-0.05, 0) is 56.1 Å². The third-order valence-corrected chi connectivity index (χ3v) is 6.90. The van der Waals surface area contributed by atoms with E-state index in [0.29, 0.717) is 17.9 Å². The Morgan fingerprint density at radius 2 is 1.91 bits per heavy atom. The average Bonchev–Trinajstić information content (AvgIpc) is 2.54. The Balaban J connectivity index is 1.75. The summed E-state index contributed by atoms with van der Waals surface area (Å²) in [5.74, 6) is 2.13. The van der Waals surface area contributed by atoms with Gasteiger partial charge in [0.05, 0.1) is 6.10 Å². The number of benzene rings is 1. The molecule has 0 N–H and O–H groups in total. The third-order valence-electron chi connectivity index (χ3n) is 6.90. The SMILES string of the molecule is CC[C@H]1CN2C(O[C@@H]3C[C@H](C)CC[C@H]3C2(C)C)c2ccccc21. The maximum absolute atomic E-state index is 6.75. The summed E-state index contributed by atoms with van der Waals surface area (Å²) in [4.78, 5) is 2.68. The van der Waals surface area contributed by atoms with E-state index in [1.165, 1.54) is 36.8 Å². The molecule has 2 fully saturated rings. The van der Waals surface area contributed by atoms with Crippen molar-refractivity contribution < 1.29 is 4.74 Å². The standard InChI is InChI=1S/C21H31NO/c1-5-15-13-22-20(17-9-7-6-8-16(15)17)23-19-12-14(2)10-11-18(19)21(22,3)4/h6-9,14-15,18-20H,5,10-13H2,1-4H3/t14-,15+,18-,19-,20?/m1/s1. The van der Waals surface area contributed by atoms with Crippen molar-refractivity contribution in [2.75, 3.05) is 6.54 Å². The number of rotatable bonds is 1. The van der Waals surface area contributed by atoms with Crippen LogP contribution >= 0.6 is 0 Å². The summed E-state index contributed by atoms with van der Waals surface area (Å²) in [6, 6.07) is 9.00. The first-order valence-electron chi connectivity index (χ1n) is 9.53. The largest absolute Gasteiger partial charge is 0.355 e. The molecule has 2 aliphatic heterocycles. The smallest absolute Gasteiger partial charge is 0.137 e. The lowest BCUT2D eigenvalue weighted by Crippen LogP contribution is -2.63. The average molecular weight is 313 g/mol. The topological polar surface area (TPSA) is 12.5 Å². The fraction of sp³-hybridized carbons (Fsp3) is 0.714. The second kappa shape index (κ2) is 5.60. The lowest BCUT2D eigenvalue weighted by atomic mass is 9.68. The summed E-state index contributed by atoms with van der Waals surface area (Å²) < 4.78 is 6.75. The minimum Gasteiger partial charge on any atom is -0.355 e. The molecule has 2 nitrogen and oxygen atoms in total. The fourth-order valence-electron chi connectivity index (χ4n) is 5.41. The van der Waals surface area contributed by atoms with Gasteiger partial charge in [-0.15, -0.1) is 0 Å². The summed E-state index contributed by atoms with van der Waals surface area (Å²) in [5, 5.41) is 0. The van der Waals surface area contributed by atoms with Gasteiger partial charge >= 0.3 is 0 Å². The second-order valence-corrected chi connectivity index (χ2v) is 8.59. The number of hydrogen-bond acceptors (Lipinski definition) is 2. The molecule has 1 saturated carbocycles. The van der Waals surface area contributed by atoms with Crippen molar-refractivity contribution in [1.29, 1.82) is 0 Å². The minimum atomic E-state index is 0.163. The molecule has 0 spiro atoms. The van der Waals surface area contributed by atoms with Crippen molar-refractivity contribution in [3.63, 3.8) is 0 Å². The molecule has 1 aromatic carbocycles. The van der Waals surface area contributed by atoms with Crippen LogP contribution in [0.15, 0.2) is 24.3 Å². The molecule has 1 aromatic rings. The van der Waals surface area contributed by atoms with Crippen LogP contribution in [0.5, 0.6) is 0 Å². The Labute approximate surface area is 141 Å². The zero-order valence-electron chi connectivity index (χ0n) is 15.1. The summed E-state index contributed by atoms with van der Waals surface area (Å²) in [6.07, 6.45) is 5.72. The number of hydrogen-bond donors (Lipinski definition) is 0. The van der Waals surface area contributed by atoms with E-state index in [4.69, 9.17) is 4.74 Å². The Bertz CT molecular complexity index is 581. The summed E-state index contributed by atoms with van der Waals surface area (Å²) in [7, 11) is 0. The first kappa shape index (κ1) is 15.7. The first-order valence-corrected chi connectivity index (χ1v) is 9.53. The van der Waals surface area contributed by atoms with E-state index >= 15 is 0 Å². The maximum atomic E-state index is 6.75. The van der Waals surface area contributed by atoms with Gasteiger partial charge in [-0.25, -0.2) is 0 Å². The zero-order valence-corrected chi connectivity index (χ0v) is 15.1. The summed E-state index contributed by atoms with van der Waals surface area (Å²) in [6.45, 7) is 10.8. The van der Waals surface area contributed by atoms with E-state index in [0.717, 1.165) is 12.5 Å². The molecular weight excluding hydrogens is 282 g/mol. The van der Waals surface area contributed by atoms with Gasteiger partial charge in [-0.2, -0.15) is 0 Å². The molecule has 1 saturated heterocycles. The Hall–Kier alpha value is -0.860. The molecule has 0 radical (unpaired) electrons. The van der Waals surface area contributed by atoms with Gasteiger partial charge < -0.3 is 4.74 Å². The summed E-state index contributed by atoms with van der Waals surface area (Å²) >= 11 is 0. The molecule has 23 heavy (non-hydrogen) atoms. The lowest BCUT2D eigenvalue weighted by molar-refractivity contribution is -0.242. The van der Waals surface area contributed by atoms with Gasteiger partial charge in [0.1, 0.15) is 6.23 Å². The highest BCUT2D eigenvalue weighted by Gasteiger charge is 2.52. The van der Waals surface area contributed by atoms with E-state index in [2.05, 4.69) is 56.9 Å². The van der Waals surface area contributed by atoms with Crippen molar-refractivity contribution >= 4 is 0 Å². The van der Waals surface area contributed by atoms with Gasteiger partial charge in [0.15, 0.2) is 0 Å². The molecule has 126 valence electrons. The van der Waals surface area contributed by atoms with Gasteiger partial charge in [0.2, 0.25) is 0 Å². The maximum Gasteiger partial charge on any atom is 0.137 e. The normalized spacial score (nSPS) is 39.2. The predicted octanol–water partition coefficient (Wildman–Crippen LogP) is 5.11. The van der Waals surface area contributed by atoms with Crippen LogP contribution in [0, 0.1) is 11.8 Å². The zero-order chi connectivity index (χ0) is 16.2. The third kappa shape index (κ3) is 2.37. The van der Waals surface area contributed by atoms with Crippen LogP contribution in [-0.4, -0.2) is 23.1 Å². The van der Waals surface area contributed by atoms with Gasteiger partial charge in [-0.1, -0.05) is 44.5 Å². The van der Waals surface area contributed by atoms with Crippen molar-refractivity contribution in [3.8, 4) is 0 Å². The van der Waals surface area contributed by atoms with Crippen molar-refractivity contribution in [1.82, 2.24) is 4.90 Å². The number of fused-ring (bicyclic) bond motifs is 4. The highest BCUT2D eigenvalue weighted by Crippen LogP contribution is 2.52. The monoisotopic (exact) mass is 313 g/mol. The number of nitrogens with zero attached hydrogens (tertiary/aromatic N) is 1. The molecule has 4 rings (SSSR count). The molecule has 0 bridgehead atoms. The first-order chi connectivity index (χ1) is 11.0. The van der Waals surface area contributed by atoms with Crippen LogP contribution in [0.25, 0.3) is 0 Å². The number of ether oxygens (including phenoxy) is 1. The van der Waals surface area contributed by atoms with Crippen molar-refractivity contribution in [2.24, 2.45) is 11.8 Å². The van der Waals surface area contributed by atoms with Crippen LogP contribution in [0.2, 0.25) is 0 Å². The molecule has 1 aliphatic carbocycles. The molecule has 1 unspecified atom stereocenters. The van der Waals surface area contributed by atoms with E-state index in [1.54, 1.807) is 0 Å².